The molecule has 0 aliphatic carbocycles. The van der Waals surface area contributed by atoms with Gasteiger partial charge in [-0.1, -0.05) is 0 Å². The maximum absolute atomic E-state index is 5.12. The van der Waals surface area contributed by atoms with E-state index in [9.17, 15) is 0 Å². The molecule has 0 saturated carbocycles. The molecule has 5 nitrogen and oxygen atoms in total. The highest BCUT2D eigenvalue weighted by atomic mass is 127. The highest BCUT2D eigenvalue weighted by Crippen LogP contribution is 2.17. The van der Waals surface area contributed by atoms with Gasteiger partial charge in [-0.3, -0.25) is 4.99 Å². The largest absolute Gasteiger partial charge is 0.383 e. The number of thiazole rings is 1. The topological polar surface area (TPSA) is 58.5 Å². The molecule has 21 heavy (non-hydrogen) atoms. The smallest absolute Gasteiger partial charge is 0.191 e. The summed E-state index contributed by atoms with van der Waals surface area (Å²) in [6, 6.07) is 0.241. The Morgan fingerprint density at radius 3 is 2.67 bits per heavy atom. The standard InChI is InChI=1S/C14H26N4OS.HI/c1-6-15-14(17-10(2)9-19-5)16-8-7-13-11(3)18-12(4)20-13;/h10H,6-9H2,1-5H3,(H2,15,16,17);1H. The number of halogens is 1. The first-order valence-electron chi connectivity index (χ1n) is 7.03. The van der Waals surface area contributed by atoms with Gasteiger partial charge in [0.15, 0.2) is 5.96 Å². The predicted molar refractivity (Wildman–Crippen MR) is 101 cm³/mol. The molecule has 1 aromatic heterocycles. The summed E-state index contributed by atoms with van der Waals surface area (Å²) in [6.45, 7) is 10.5. The number of nitrogens with one attached hydrogen (secondary N) is 2. The Kier molecular flexibility index (Phi) is 11.0. The van der Waals surface area contributed by atoms with E-state index in [2.05, 4.69) is 41.4 Å². The van der Waals surface area contributed by atoms with Gasteiger partial charge in [0.25, 0.3) is 0 Å². The van der Waals surface area contributed by atoms with Gasteiger partial charge < -0.3 is 15.4 Å². The number of nitrogens with zero attached hydrogens (tertiary/aromatic N) is 2. The number of aromatic nitrogens is 1. The summed E-state index contributed by atoms with van der Waals surface area (Å²) in [5, 5.41) is 7.70. The van der Waals surface area contributed by atoms with Gasteiger partial charge in [0.1, 0.15) is 0 Å². The van der Waals surface area contributed by atoms with E-state index in [-0.39, 0.29) is 30.0 Å². The molecule has 0 amide bonds. The second-order valence-electron chi connectivity index (χ2n) is 4.75. The molecule has 7 heteroatoms. The normalized spacial score (nSPS) is 12.7. The number of hydrogen-bond acceptors (Lipinski definition) is 4. The number of hydrogen-bond donors (Lipinski definition) is 2. The summed E-state index contributed by atoms with van der Waals surface area (Å²) in [4.78, 5) is 10.4. The Hall–Kier alpha value is -0.410. The van der Waals surface area contributed by atoms with Crippen LogP contribution in [0.1, 0.15) is 29.4 Å². The van der Waals surface area contributed by atoms with Gasteiger partial charge in [-0.25, -0.2) is 4.98 Å². The molecule has 0 aliphatic rings. The van der Waals surface area contributed by atoms with Crippen LogP contribution in [0.15, 0.2) is 4.99 Å². The summed E-state index contributed by atoms with van der Waals surface area (Å²) in [6.07, 6.45) is 0.937. The van der Waals surface area contributed by atoms with E-state index in [1.54, 1.807) is 18.4 Å². The lowest BCUT2D eigenvalue weighted by atomic mass is 10.3. The molecule has 122 valence electrons. The number of guanidine groups is 1. The number of ether oxygens (including phenoxy) is 1. The van der Waals surface area contributed by atoms with E-state index in [0.29, 0.717) is 6.61 Å². The Bertz CT molecular complexity index is 437. The van der Waals surface area contributed by atoms with Crippen molar-refractivity contribution >= 4 is 41.3 Å². The zero-order valence-electron chi connectivity index (χ0n) is 13.5. The third kappa shape index (κ3) is 7.96. The van der Waals surface area contributed by atoms with E-state index in [4.69, 9.17) is 4.74 Å². The molecule has 0 aliphatic heterocycles. The van der Waals surface area contributed by atoms with Crippen molar-refractivity contribution in [3.05, 3.63) is 15.6 Å². The lowest BCUT2D eigenvalue weighted by Crippen LogP contribution is -2.44. The lowest BCUT2D eigenvalue weighted by molar-refractivity contribution is 0.179. The van der Waals surface area contributed by atoms with Gasteiger partial charge in [0, 0.05) is 37.5 Å². The first-order chi connectivity index (χ1) is 9.56. The quantitative estimate of drug-likeness (QED) is 0.400. The number of rotatable bonds is 7. The fourth-order valence-corrected chi connectivity index (χ4v) is 2.85. The predicted octanol–water partition coefficient (Wildman–Crippen LogP) is 2.51. The molecular weight excluding hydrogens is 399 g/mol. The third-order valence-corrected chi connectivity index (χ3v) is 3.89. The minimum Gasteiger partial charge on any atom is -0.383 e. The van der Waals surface area contributed by atoms with Crippen LogP contribution in [-0.2, 0) is 11.2 Å². The average molecular weight is 426 g/mol. The maximum atomic E-state index is 5.12. The van der Waals surface area contributed by atoms with Gasteiger partial charge >= 0.3 is 0 Å². The molecule has 0 spiro atoms. The molecular formula is C14H27IN4OS. The molecule has 1 rings (SSSR count). The maximum Gasteiger partial charge on any atom is 0.191 e. The van der Waals surface area contributed by atoms with Crippen LogP contribution in [0.2, 0.25) is 0 Å². The molecule has 1 aromatic rings. The monoisotopic (exact) mass is 426 g/mol. The molecule has 0 fully saturated rings. The van der Waals surface area contributed by atoms with Crippen LogP contribution in [-0.4, -0.2) is 43.8 Å². The summed E-state index contributed by atoms with van der Waals surface area (Å²) >= 11 is 1.76. The molecule has 1 unspecified atom stereocenters. The van der Waals surface area contributed by atoms with Gasteiger partial charge in [-0.15, -0.1) is 35.3 Å². The van der Waals surface area contributed by atoms with Crippen molar-refractivity contribution in [3.8, 4) is 0 Å². The Morgan fingerprint density at radius 2 is 2.14 bits per heavy atom. The van der Waals surface area contributed by atoms with Crippen molar-refractivity contribution in [1.82, 2.24) is 15.6 Å². The molecule has 0 saturated heterocycles. The highest BCUT2D eigenvalue weighted by molar-refractivity contribution is 14.0. The van der Waals surface area contributed by atoms with Crippen molar-refractivity contribution in [2.24, 2.45) is 4.99 Å². The zero-order chi connectivity index (χ0) is 15.0. The van der Waals surface area contributed by atoms with Crippen LogP contribution in [0.5, 0.6) is 0 Å². The van der Waals surface area contributed by atoms with Crippen molar-refractivity contribution in [3.63, 3.8) is 0 Å². The van der Waals surface area contributed by atoms with Crippen molar-refractivity contribution < 1.29 is 4.74 Å². The zero-order valence-corrected chi connectivity index (χ0v) is 16.7. The molecule has 2 N–H and O–H groups in total. The van der Waals surface area contributed by atoms with Crippen LogP contribution in [0.25, 0.3) is 0 Å². The van der Waals surface area contributed by atoms with Crippen molar-refractivity contribution in [1.29, 1.82) is 0 Å². The van der Waals surface area contributed by atoms with Gasteiger partial charge in [0.05, 0.1) is 17.3 Å². The number of aryl methyl sites for hydroxylation is 2. The number of aliphatic imine (C=N–C) groups is 1. The van der Waals surface area contributed by atoms with Crippen LogP contribution in [0, 0.1) is 13.8 Å². The fourth-order valence-electron chi connectivity index (χ4n) is 1.92. The summed E-state index contributed by atoms with van der Waals surface area (Å²) in [5.74, 6) is 0.843. The molecule has 0 bridgehead atoms. The van der Waals surface area contributed by atoms with Crippen LogP contribution < -0.4 is 10.6 Å². The van der Waals surface area contributed by atoms with Crippen molar-refractivity contribution in [2.75, 3.05) is 26.8 Å². The minimum atomic E-state index is 0. The van der Waals surface area contributed by atoms with E-state index < -0.39 is 0 Å². The highest BCUT2D eigenvalue weighted by Gasteiger charge is 2.06. The van der Waals surface area contributed by atoms with E-state index in [1.165, 1.54) is 4.88 Å². The molecule has 0 aromatic carbocycles. The first-order valence-corrected chi connectivity index (χ1v) is 7.85. The summed E-state index contributed by atoms with van der Waals surface area (Å²) in [7, 11) is 1.71. The second kappa shape index (κ2) is 11.2. The van der Waals surface area contributed by atoms with Crippen LogP contribution in [0.4, 0.5) is 0 Å². The lowest BCUT2D eigenvalue weighted by Gasteiger charge is -2.16. The van der Waals surface area contributed by atoms with E-state index in [1.807, 2.05) is 6.92 Å². The Labute approximate surface area is 149 Å². The van der Waals surface area contributed by atoms with Gasteiger partial charge in [-0.05, 0) is 27.7 Å². The third-order valence-electron chi connectivity index (χ3n) is 2.75. The minimum absolute atomic E-state index is 0. The fraction of sp³-hybridized carbons (Fsp3) is 0.714. The van der Waals surface area contributed by atoms with Crippen molar-refractivity contribution in [2.45, 2.75) is 40.2 Å². The van der Waals surface area contributed by atoms with Crippen LogP contribution >= 0.6 is 35.3 Å². The van der Waals surface area contributed by atoms with Crippen LogP contribution in [0.3, 0.4) is 0 Å². The average Bonchev–Trinajstić information content (AvgIpc) is 2.68. The Balaban J connectivity index is 0.00000400. The first kappa shape index (κ1) is 20.6. The molecule has 0 radical (unpaired) electrons. The van der Waals surface area contributed by atoms with Gasteiger partial charge in [0.2, 0.25) is 0 Å². The number of methoxy groups -OCH3 is 1. The summed E-state index contributed by atoms with van der Waals surface area (Å²) in [5.41, 5.74) is 1.13. The second-order valence-corrected chi connectivity index (χ2v) is 6.04. The van der Waals surface area contributed by atoms with Gasteiger partial charge in [-0.2, -0.15) is 0 Å². The summed E-state index contributed by atoms with van der Waals surface area (Å²) < 4.78 is 5.12. The SMILES string of the molecule is CCNC(=NCCc1sc(C)nc1C)NC(C)COC.I. The molecule has 1 heterocycles. The van der Waals surface area contributed by atoms with E-state index >= 15 is 0 Å². The Morgan fingerprint density at radius 1 is 1.43 bits per heavy atom. The van der Waals surface area contributed by atoms with E-state index in [0.717, 1.165) is 36.2 Å². The molecule has 1 atom stereocenters.